The first-order chi connectivity index (χ1) is 8.79. The average molecular weight is 273 g/mol. The predicted octanol–water partition coefficient (Wildman–Crippen LogP) is 3.36. The summed E-state index contributed by atoms with van der Waals surface area (Å²) in [5.41, 5.74) is 0. The van der Waals surface area contributed by atoms with Gasteiger partial charge >= 0.3 is 12.1 Å². The first kappa shape index (κ1) is 19.8. The Balaban J connectivity index is 0. The van der Waals surface area contributed by atoms with E-state index in [0.29, 0.717) is 0 Å². The van der Waals surface area contributed by atoms with Gasteiger partial charge in [-0.1, -0.05) is 39.7 Å². The zero-order chi connectivity index (χ0) is 15.3. The fraction of sp³-hybridized carbons (Fsp3) is 0.714. The van der Waals surface area contributed by atoms with Crippen molar-refractivity contribution in [2.75, 3.05) is 6.54 Å². The zero-order valence-electron chi connectivity index (χ0n) is 12.2. The quantitative estimate of drug-likeness (QED) is 0.670. The molecule has 1 amide bonds. The standard InChI is InChI=1S/C7H12.C4H10.C3H5NO4/c1-2-3-4-7-5-6-7;1-4(2)3;5-2(6)1-4-3(7)8/h2,7H,1,3-6H2;4H,1-3H3;4H,1H2,(H,5,6)(H,7,8). The van der Waals surface area contributed by atoms with Crippen LogP contribution in [0.15, 0.2) is 12.7 Å². The van der Waals surface area contributed by atoms with Crippen LogP contribution in [0, 0.1) is 11.8 Å². The topological polar surface area (TPSA) is 86.6 Å². The minimum Gasteiger partial charge on any atom is -0.480 e. The lowest BCUT2D eigenvalue weighted by Crippen LogP contribution is -2.27. The number of amides is 1. The normalized spacial score (nSPS) is 12.4. The van der Waals surface area contributed by atoms with Crippen LogP contribution in [0.4, 0.5) is 4.79 Å². The van der Waals surface area contributed by atoms with Crippen LogP contribution in [0.25, 0.3) is 0 Å². The van der Waals surface area contributed by atoms with E-state index in [-0.39, 0.29) is 0 Å². The molecule has 5 heteroatoms. The lowest BCUT2D eigenvalue weighted by Gasteiger charge is -1.90. The summed E-state index contributed by atoms with van der Waals surface area (Å²) in [4.78, 5) is 19.1. The summed E-state index contributed by atoms with van der Waals surface area (Å²) in [6, 6.07) is 0. The van der Waals surface area contributed by atoms with E-state index in [2.05, 4.69) is 27.4 Å². The van der Waals surface area contributed by atoms with E-state index in [0.717, 1.165) is 11.8 Å². The molecule has 0 aromatic rings. The maximum atomic E-state index is 9.58. The van der Waals surface area contributed by atoms with Crippen molar-refractivity contribution in [3.05, 3.63) is 12.7 Å². The van der Waals surface area contributed by atoms with E-state index >= 15 is 0 Å². The van der Waals surface area contributed by atoms with Gasteiger partial charge in [-0.2, -0.15) is 0 Å². The van der Waals surface area contributed by atoms with Gasteiger partial charge in [0, 0.05) is 0 Å². The Morgan fingerprint density at radius 3 is 2.00 bits per heavy atom. The van der Waals surface area contributed by atoms with Crippen molar-refractivity contribution < 1.29 is 19.8 Å². The Labute approximate surface area is 115 Å². The first-order valence-corrected chi connectivity index (χ1v) is 6.59. The fourth-order valence-corrected chi connectivity index (χ4v) is 0.911. The third kappa shape index (κ3) is 31.5. The van der Waals surface area contributed by atoms with E-state index in [1.165, 1.54) is 25.7 Å². The molecule has 0 heterocycles. The van der Waals surface area contributed by atoms with Gasteiger partial charge in [0.1, 0.15) is 6.54 Å². The number of nitrogens with one attached hydrogen (secondary N) is 1. The lowest BCUT2D eigenvalue weighted by atomic mass is 10.2. The molecule has 0 aromatic heterocycles. The molecule has 0 radical (unpaired) electrons. The Hall–Kier alpha value is -1.52. The molecule has 0 spiro atoms. The van der Waals surface area contributed by atoms with E-state index < -0.39 is 18.6 Å². The highest BCUT2D eigenvalue weighted by atomic mass is 16.4. The van der Waals surface area contributed by atoms with Crippen molar-refractivity contribution in [2.45, 2.75) is 46.5 Å². The number of carbonyl (C=O) groups is 2. The SMILES string of the molecule is C=CCCC1CC1.CC(C)C.O=C(O)CNC(=O)O. The van der Waals surface area contributed by atoms with Crippen molar-refractivity contribution in [2.24, 2.45) is 11.8 Å². The molecular weight excluding hydrogens is 246 g/mol. The highest BCUT2D eigenvalue weighted by Crippen LogP contribution is 2.33. The van der Waals surface area contributed by atoms with E-state index in [1.54, 1.807) is 5.32 Å². The van der Waals surface area contributed by atoms with Gasteiger partial charge in [0.25, 0.3) is 0 Å². The van der Waals surface area contributed by atoms with Crippen LogP contribution in [0.2, 0.25) is 0 Å². The van der Waals surface area contributed by atoms with Crippen LogP contribution in [0.5, 0.6) is 0 Å². The van der Waals surface area contributed by atoms with Crippen LogP contribution in [-0.2, 0) is 4.79 Å². The van der Waals surface area contributed by atoms with E-state index in [4.69, 9.17) is 10.2 Å². The highest BCUT2D eigenvalue weighted by molar-refractivity contribution is 5.75. The third-order valence-corrected chi connectivity index (χ3v) is 1.87. The zero-order valence-corrected chi connectivity index (χ0v) is 12.2. The minimum atomic E-state index is -1.33. The van der Waals surface area contributed by atoms with Crippen molar-refractivity contribution in [1.29, 1.82) is 0 Å². The van der Waals surface area contributed by atoms with Crippen LogP contribution in [0.1, 0.15) is 46.5 Å². The summed E-state index contributed by atoms with van der Waals surface area (Å²) in [6.07, 6.45) is 6.26. The molecule has 0 unspecified atom stereocenters. The van der Waals surface area contributed by atoms with Crippen molar-refractivity contribution >= 4 is 12.1 Å². The molecule has 1 aliphatic rings. The highest BCUT2D eigenvalue weighted by Gasteiger charge is 2.19. The molecule has 1 aliphatic carbocycles. The van der Waals surface area contributed by atoms with Gasteiger partial charge in [0.15, 0.2) is 0 Å². The van der Waals surface area contributed by atoms with Crippen LogP contribution < -0.4 is 5.32 Å². The average Bonchev–Trinajstić information content (AvgIpc) is 3.07. The number of hydrogen-bond acceptors (Lipinski definition) is 2. The largest absolute Gasteiger partial charge is 0.480 e. The Kier molecular flexibility index (Phi) is 13.5. The molecule has 0 atom stereocenters. The Morgan fingerprint density at radius 1 is 1.32 bits per heavy atom. The number of allylic oxidation sites excluding steroid dienone is 1. The smallest absolute Gasteiger partial charge is 0.405 e. The number of aliphatic carboxylic acids is 1. The second kappa shape index (κ2) is 12.9. The molecule has 19 heavy (non-hydrogen) atoms. The third-order valence-electron chi connectivity index (χ3n) is 1.87. The van der Waals surface area contributed by atoms with Crippen molar-refractivity contribution in [3.63, 3.8) is 0 Å². The number of hydrogen-bond donors (Lipinski definition) is 3. The molecule has 0 aromatic carbocycles. The Morgan fingerprint density at radius 2 is 1.79 bits per heavy atom. The second-order valence-corrected chi connectivity index (χ2v) is 5.09. The summed E-state index contributed by atoms with van der Waals surface area (Å²) in [5, 5.41) is 17.3. The van der Waals surface area contributed by atoms with Crippen molar-refractivity contribution in [1.82, 2.24) is 5.32 Å². The summed E-state index contributed by atoms with van der Waals surface area (Å²) >= 11 is 0. The van der Waals surface area contributed by atoms with Crippen LogP contribution in [-0.4, -0.2) is 28.8 Å². The summed E-state index contributed by atoms with van der Waals surface area (Å²) in [7, 11) is 0. The molecule has 3 N–H and O–H groups in total. The second-order valence-electron chi connectivity index (χ2n) is 5.09. The molecule has 5 nitrogen and oxygen atoms in total. The molecule has 0 aliphatic heterocycles. The first-order valence-electron chi connectivity index (χ1n) is 6.59. The van der Waals surface area contributed by atoms with Crippen LogP contribution in [0.3, 0.4) is 0 Å². The molecule has 0 bridgehead atoms. The van der Waals surface area contributed by atoms with Gasteiger partial charge in [0.2, 0.25) is 0 Å². The van der Waals surface area contributed by atoms with E-state index in [1.807, 2.05) is 6.08 Å². The molecule has 1 fully saturated rings. The minimum absolute atomic E-state index is 0.546. The summed E-state index contributed by atoms with van der Waals surface area (Å²) < 4.78 is 0. The monoisotopic (exact) mass is 273 g/mol. The summed E-state index contributed by atoms with van der Waals surface area (Å²) in [6.45, 7) is 9.61. The van der Waals surface area contributed by atoms with Crippen LogP contribution >= 0.6 is 0 Å². The number of rotatable bonds is 5. The summed E-state index contributed by atoms with van der Waals surface area (Å²) in [5.74, 6) is 0.727. The van der Waals surface area contributed by atoms with Gasteiger partial charge in [-0.3, -0.25) is 4.79 Å². The van der Waals surface area contributed by atoms with Crippen molar-refractivity contribution in [3.8, 4) is 0 Å². The fourth-order valence-electron chi connectivity index (χ4n) is 0.911. The van der Waals surface area contributed by atoms with E-state index in [9.17, 15) is 9.59 Å². The predicted molar refractivity (Wildman–Crippen MR) is 76.3 cm³/mol. The molecule has 1 rings (SSSR count). The van der Waals surface area contributed by atoms with Gasteiger partial charge < -0.3 is 15.5 Å². The van der Waals surface area contributed by atoms with Gasteiger partial charge in [-0.05, 0) is 24.7 Å². The molecule has 112 valence electrons. The van der Waals surface area contributed by atoms with Gasteiger partial charge in [0.05, 0.1) is 0 Å². The Bertz CT molecular complexity index is 243. The maximum Gasteiger partial charge on any atom is 0.405 e. The molecular formula is C14H27NO4. The maximum absolute atomic E-state index is 9.58. The molecule has 1 saturated carbocycles. The van der Waals surface area contributed by atoms with Gasteiger partial charge in [-0.25, -0.2) is 4.79 Å². The number of carboxylic acids is 1. The lowest BCUT2D eigenvalue weighted by molar-refractivity contribution is -0.135. The molecule has 0 saturated heterocycles. The van der Waals surface area contributed by atoms with Gasteiger partial charge in [-0.15, -0.1) is 6.58 Å². The number of carboxylic acid groups (broad SMARTS) is 2.